The third kappa shape index (κ3) is 4.23. The first-order valence-corrected chi connectivity index (χ1v) is 7.61. The fraction of sp³-hybridized carbons (Fsp3) is 0.611. The van der Waals surface area contributed by atoms with Crippen LogP contribution in [-0.4, -0.2) is 11.1 Å². The molecule has 0 saturated heterocycles. The van der Waals surface area contributed by atoms with Gasteiger partial charge in [0.2, 0.25) is 0 Å². The number of phenolic OH excluding ortho intramolecular Hbond substituents is 1. The maximum absolute atomic E-state index is 11.7. The first-order valence-electron chi connectivity index (χ1n) is 7.61. The van der Waals surface area contributed by atoms with Crippen LogP contribution in [0.1, 0.15) is 70.8 Å². The lowest BCUT2D eigenvalue weighted by molar-refractivity contribution is -0.151. The summed E-state index contributed by atoms with van der Waals surface area (Å²) in [6.45, 7) is 13.9. The predicted molar refractivity (Wildman–Crippen MR) is 85.5 cm³/mol. The average Bonchev–Trinajstić information content (AvgIpc) is 2.37. The number of carbonyl (C=O) groups is 1. The van der Waals surface area contributed by atoms with Crippen LogP contribution in [0.5, 0.6) is 5.75 Å². The first-order chi connectivity index (χ1) is 9.57. The number of ether oxygens (including phenoxy) is 1. The molecule has 0 fully saturated rings. The number of hydrogen-bond acceptors (Lipinski definition) is 3. The van der Waals surface area contributed by atoms with Crippen molar-refractivity contribution in [1.29, 1.82) is 0 Å². The van der Waals surface area contributed by atoms with E-state index < -0.39 is 0 Å². The smallest absolute Gasteiger partial charge is 0.306 e. The van der Waals surface area contributed by atoms with Gasteiger partial charge in [0.05, 0.1) is 0 Å². The van der Waals surface area contributed by atoms with Gasteiger partial charge in [-0.25, -0.2) is 0 Å². The quantitative estimate of drug-likeness (QED) is 0.822. The largest absolute Gasteiger partial charge is 0.507 e. The molecule has 0 spiro atoms. The average molecular weight is 292 g/mol. The summed E-state index contributed by atoms with van der Waals surface area (Å²) in [5.74, 6) is 0.310. The van der Waals surface area contributed by atoms with Crippen LogP contribution in [0.2, 0.25) is 0 Å². The molecule has 3 heteroatoms. The molecule has 21 heavy (non-hydrogen) atoms. The molecule has 118 valence electrons. The minimum atomic E-state index is -0.280. The van der Waals surface area contributed by atoms with Crippen molar-refractivity contribution in [3.05, 3.63) is 28.8 Å². The molecule has 0 aliphatic carbocycles. The van der Waals surface area contributed by atoms with Gasteiger partial charge < -0.3 is 9.84 Å². The summed E-state index contributed by atoms with van der Waals surface area (Å²) in [5.41, 5.74) is 2.49. The molecule has 1 atom stereocenters. The zero-order valence-corrected chi connectivity index (χ0v) is 14.3. The van der Waals surface area contributed by atoms with Gasteiger partial charge >= 0.3 is 5.97 Å². The summed E-state index contributed by atoms with van der Waals surface area (Å²) >= 11 is 0. The van der Waals surface area contributed by atoms with Crippen LogP contribution < -0.4 is 0 Å². The Morgan fingerprint density at radius 1 is 1.29 bits per heavy atom. The van der Waals surface area contributed by atoms with E-state index in [-0.39, 0.29) is 23.4 Å². The zero-order valence-electron chi connectivity index (χ0n) is 14.3. The molecular formula is C18H28O3. The van der Waals surface area contributed by atoms with Crippen LogP contribution in [-0.2, 0) is 14.9 Å². The van der Waals surface area contributed by atoms with Gasteiger partial charge in [0.25, 0.3) is 0 Å². The molecule has 0 aromatic heterocycles. The lowest BCUT2D eigenvalue weighted by Crippen LogP contribution is -2.18. The molecule has 0 heterocycles. The number of esters is 1. The molecular weight excluding hydrogens is 264 g/mol. The third-order valence-corrected chi connectivity index (χ3v) is 3.61. The number of hydrogen-bond donors (Lipinski definition) is 1. The first kappa shape index (κ1) is 17.5. The standard InChI is InChI=1S/C18H28O3/c1-8-15(19)21-17(11(2)3)13-9-12(4)16(20)14(10-13)18(5,6)7/h9-11,17,20H,8H2,1-7H3. The summed E-state index contributed by atoms with van der Waals surface area (Å²) < 4.78 is 5.59. The Hall–Kier alpha value is -1.51. The Labute approximate surface area is 128 Å². The molecule has 0 aliphatic heterocycles. The minimum Gasteiger partial charge on any atom is -0.507 e. The number of aryl methyl sites for hydroxylation is 1. The van der Waals surface area contributed by atoms with Crippen LogP contribution >= 0.6 is 0 Å². The number of benzene rings is 1. The van der Waals surface area contributed by atoms with Crippen LogP contribution in [0.4, 0.5) is 0 Å². The summed E-state index contributed by atoms with van der Waals surface area (Å²) in [5, 5.41) is 10.3. The highest BCUT2D eigenvalue weighted by Gasteiger charge is 2.25. The fourth-order valence-corrected chi connectivity index (χ4v) is 2.36. The van der Waals surface area contributed by atoms with E-state index in [4.69, 9.17) is 4.74 Å². The van der Waals surface area contributed by atoms with Gasteiger partial charge in [-0.15, -0.1) is 0 Å². The van der Waals surface area contributed by atoms with E-state index in [1.165, 1.54) is 0 Å². The van der Waals surface area contributed by atoms with E-state index in [0.717, 1.165) is 16.7 Å². The molecule has 0 saturated carbocycles. The number of carbonyl (C=O) groups excluding carboxylic acids is 1. The fourth-order valence-electron chi connectivity index (χ4n) is 2.36. The normalized spacial score (nSPS) is 13.3. The van der Waals surface area contributed by atoms with Gasteiger partial charge in [-0.05, 0) is 47.1 Å². The summed E-state index contributed by atoms with van der Waals surface area (Å²) in [6, 6.07) is 3.88. The molecule has 1 aromatic carbocycles. The maximum atomic E-state index is 11.7. The Morgan fingerprint density at radius 3 is 2.29 bits per heavy atom. The molecule has 3 nitrogen and oxygen atoms in total. The monoisotopic (exact) mass is 292 g/mol. The van der Waals surface area contributed by atoms with Gasteiger partial charge in [-0.2, -0.15) is 0 Å². The van der Waals surface area contributed by atoms with Crippen molar-refractivity contribution >= 4 is 5.97 Å². The van der Waals surface area contributed by atoms with Crippen molar-refractivity contribution in [2.24, 2.45) is 5.92 Å². The zero-order chi connectivity index (χ0) is 16.4. The summed E-state index contributed by atoms with van der Waals surface area (Å²) in [4.78, 5) is 11.7. The predicted octanol–water partition coefficient (Wildman–Crippen LogP) is 4.65. The molecule has 0 amide bonds. The molecule has 1 aromatic rings. The number of aromatic hydroxyl groups is 1. The minimum absolute atomic E-state index is 0.166. The van der Waals surface area contributed by atoms with Gasteiger partial charge in [0, 0.05) is 6.42 Å². The van der Waals surface area contributed by atoms with Crippen molar-refractivity contribution < 1.29 is 14.6 Å². The Morgan fingerprint density at radius 2 is 1.86 bits per heavy atom. The van der Waals surface area contributed by atoms with Gasteiger partial charge in [-0.1, -0.05) is 41.5 Å². The van der Waals surface area contributed by atoms with E-state index in [0.29, 0.717) is 12.2 Å². The van der Waals surface area contributed by atoms with Gasteiger partial charge in [0.1, 0.15) is 11.9 Å². The van der Waals surface area contributed by atoms with Crippen molar-refractivity contribution in [2.75, 3.05) is 0 Å². The lowest BCUT2D eigenvalue weighted by atomic mass is 9.82. The third-order valence-electron chi connectivity index (χ3n) is 3.61. The Kier molecular flexibility index (Phi) is 5.43. The second-order valence-corrected chi connectivity index (χ2v) is 6.99. The van der Waals surface area contributed by atoms with Crippen LogP contribution in [0.15, 0.2) is 12.1 Å². The van der Waals surface area contributed by atoms with E-state index in [9.17, 15) is 9.90 Å². The SMILES string of the molecule is CCC(=O)OC(c1cc(C)c(O)c(C(C)(C)C)c1)C(C)C. The second-order valence-electron chi connectivity index (χ2n) is 6.99. The molecule has 1 unspecified atom stereocenters. The molecule has 1 N–H and O–H groups in total. The Bertz CT molecular complexity index is 510. The van der Waals surface area contributed by atoms with Crippen molar-refractivity contribution in [2.45, 2.75) is 66.4 Å². The van der Waals surface area contributed by atoms with E-state index in [1.807, 2.05) is 32.9 Å². The van der Waals surface area contributed by atoms with Gasteiger partial charge in [-0.3, -0.25) is 4.79 Å². The lowest BCUT2D eigenvalue weighted by Gasteiger charge is -2.27. The van der Waals surface area contributed by atoms with E-state index in [2.05, 4.69) is 20.8 Å². The van der Waals surface area contributed by atoms with Gasteiger partial charge in [0.15, 0.2) is 0 Å². The van der Waals surface area contributed by atoms with Crippen LogP contribution in [0, 0.1) is 12.8 Å². The Balaban J connectivity index is 3.33. The van der Waals surface area contributed by atoms with E-state index in [1.54, 1.807) is 6.92 Å². The second kappa shape index (κ2) is 6.50. The summed E-state index contributed by atoms with van der Waals surface area (Å²) in [6.07, 6.45) is 0.0877. The topological polar surface area (TPSA) is 46.5 Å². The highest BCUT2D eigenvalue weighted by atomic mass is 16.5. The number of phenols is 1. The maximum Gasteiger partial charge on any atom is 0.306 e. The summed E-state index contributed by atoms with van der Waals surface area (Å²) in [7, 11) is 0. The molecule has 0 bridgehead atoms. The molecule has 0 radical (unpaired) electrons. The van der Waals surface area contributed by atoms with Crippen molar-refractivity contribution in [3.8, 4) is 5.75 Å². The highest BCUT2D eigenvalue weighted by Crippen LogP contribution is 2.37. The van der Waals surface area contributed by atoms with Crippen molar-refractivity contribution in [1.82, 2.24) is 0 Å². The van der Waals surface area contributed by atoms with E-state index >= 15 is 0 Å². The highest BCUT2D eigenvalue weighted by molar-refractivity contribution is 5.69. The van der Waals surface area contributed by atoms with Crippen LogP contribution in [0.25, 0.3) is 0 Å². The van der Waals surface area contributed by atoms with Crippen LogP contribution in [0.3, 0.4) is 0 Å². The number of rotatable bonds is 4. The van der Waals surface area contributed by atoms with Crippen molar-refractivity contribution in [3.63, 3.8) is 0 Å². The molecule has 0 aliphatic rings. The molecule has 1 rings (SSSR count).